The Hall–Kier alpha value is -2.82. The van der Waals surface area contributed by atoms with Crippen molar-refractivity contribution in [2.75, 3.05) is 0 Å². The van der Waals surface area contributed by atoms with Gasteiger partial charge in [-0.3, -0.25) is 9.59 Å². The second kappa shape index (κ2) is 11.7. The van der Waals surface area contributed by atoms with Gasteiger partial charge in [0, 0.05) is 28.5 Å². The minimum atomic E-state index is -0.717. The highest BCUT2D eigenvalue weighted by Crippen LogP contribution is 2.26. The monoisotopic (exact) mass is 510 g/mol. The van der Waals surface area contributed by atoms with Gasteiger partial charge in [0.05, 0.1) is 6.42 Å². The summed E-state index contributed by atoms with van der Waals surface area (Å²) < 4.78 is 0. The van der Waals surface area contributed by atoms with E-state index in [0.29, 0.717) is 22.0 Å². The van der Waals surface area contributed by atoms with Crippen molar-refractivity contribution < 1.29 is 9.59 Å². The molecule has 184 valence electrons. The second-order valence-electron chi connectivity index (χ2n) is 9.83. The molecule has 0 fully saturated rings. The summed E-state index contributed by atoms with van der Waals surface area (Å²) in [6.07, 6.45) is 0.384. The summed E-state index contributed by atoms with van der Waals surface area (Å²) in [6, 6.07) is 22.2. The maximum absolute atomic E-state index is 13.8. The SMILES string of the molecule is Cc1cccc(CN(C(=O)Cc2c(Cl)cccc2Cl)[C@@H](Cc2ccccc2)C(=O)NC(C)(C)C)c1. The van der Waals surface area contributed by atoms with Crippen molar-refractivity contribution in [3.05, 3.63) is 105 Å². The van der Waals surface area contributed by atoms with Gasteiger partial charge in [-0.05, 0) is 56.5 Å². The highest BCUT2D eigenvalue weighted by atomic mass is 35.5. The molecule has 3 aromatic rings. The van der Waals surface area contributed by atoms with Crippen LogP contribution < -0.4 is 5.32 Å². The quantitative estimate of drug-likeness (QED) is 0.381. The molecular weight excluding hydrogens is 479 g/mol. The first kappa shape index (κ1) is 26.8. The lowest BCUT2D eigenvalue weighted by Gasteiger charge is -2.34. The summed E-state index contributed by atoms with van der Waals surface area (Å²) in [5.41, 5.74) is 3.12. The Bertz CT molecular complexity index is 1150. The molecule has 4 nitrogen and oxygen atoms in total. The topological polar surface area (TPSA) is 49.4 Å². The maximum Gasteiger partial charge on any atom is 0.243 e. The van der Waals surface area contributed by atoms with E-state index in [1.807, 2.05) is 82.3 Å². The molecule has 3 aromatic carbocycles. The van der Waals surface area contributed by atoms with E-state index in [4.69, 9.17) is 23.2 Å². The molecule has 1 N–H and O–H groups in total. The first-order chi connectivity index (χ1) is 16.5. The van der Waals surface area contributed by atoms with Crippen LogP contribution in [0.25, 0.3) is 0 Å². The number of hydrogen-bond acceptors (Lipinski definition) is 2. The average Bonchev–Trinajstić information content (AvgIpc) is 2.78. The van der Waals surface area contributed by atoms with Gasteiger partial charge in [-0.25, -0.2) is 0 Å². The minimum Gasteiger partial charge on any atom is -0.350 e. The van der Waals surface area contributed by atoms with E-state index in [2.05, 4.69) is 5.32 Å². The van der Waals surface area contributed by atoms with E-state index in [0.717, 1.165) is 16.7 Å². The number of nitrogens with zero attached hydrogens (tertiary/aromatic N) is 1. The summed E-state index contributed by atoms with van der Waals surface area (Å²) >= 11 is 12.8. The van der Waals surface area contributed by atoms with Crippen LogP contribution in [-0.4, -0.2) is 28.3 Å². The lowest BCUT2D eigenvalue weighted by Crippen LogP contribution is -2.54. The summed E-state index contributed by atoms with van der Waals surface area (Å²) in [7, 11) is 0. The van der Waals surface area contributed by atoms with Crippen molar-refractivity contribution >= 4 is 35.0 Å². The predicted octanol–water partition coefficient (Wildman–Crippen LogP) is 6.40. The van der Waals surface area contributed by atoms with Gasteiger partial charge in [0.1, 0.15) is 6.04 Å². The highest BCUT2D eigenvalue weighted by Gasteiger charge is 2.32. The molecule has 2 amide bonds. The number of benzene rings is 3. The lowest BCUT2D eigenvalue weighted by molar-refractivity contribution is -0.141. The number of amides is 2. The molecule has 0 bridgehead atoms. The van der Waals surface area contributed by atoms with Gasteiger partial charge in [0.15, 0.2) is 0 Å². The fraction of sp³-hybridized carbons (Fsp3) is 0.310. The van der Waals surface area contributed by atoms with Gasteiger partial charge in [-0.15, -0.1) is 0 Å². The van der Waals surface area contributed by atoms with Crippen molar-refractivity contribution in [2.24, 2.45) is 0 Å². The molecular formula is C29H32Cl2N2O2. The number of nitrogens with one attached hydrogen (secondary N) is 1. The molecule has 0 aliphatic rings. The molecule has 0 aliphatic heterocycles. The Kier molecular flexibility index (Phi) is 8.98. The first-order valence-corrected chi connectivity index (χ1v) is 12.4. The zero-order valence-corrected chi connectivity index (χ0v) is 22.2. The third-order valence-corrected chi connectivity index (χ3v) is 6.30. The van der Waals surface area contributed by atoms with E-state index in [9.17, 15) is 9.59 Å². The van der Waals surface area contributed by atoms with Crippen molar-refractivity contribution in [2.45, 2.75) is 58.7 Å². The molecule has 3 rings (SSSR count). The number of carbonyl (C=O) groups is 2. The molecule has 0 saturated heterocycles. The standard InChI is InChI=1S/C29H32Cl2N2O2/c1-20-10-8-13-22(16-20)19-33(27(34)18-23-24(30)14-9-15-25(23)31)26(28(35)32-29(2,3)4)17-21-11-6-5-7-12-21/h5-16,26H,17-19H2,1-4H3,(H,32,35)/t26-/m0/s1. The van der Waals surface area contributed by atoms with Gasteiger partial charge < -0.3 is 10.2 Å². The van der Waals surface area contributed by atoms with Gasteiger partial charge in [0.25, 0.3) is 0 Å². The van der Waals surface area contributed by atoms with Crippen LogP contribution in [0, 0.1) is 6.92 Å². The van der Waals surface area contributed by atoms with E-state index in [-0.39, 0.29) is 24.8 Å². The Morgan fingerprint density at radius 1 is 0.886 bits per heavy atom. The fourth-order valence-electron chi connectivity index (χ4n) is 3.97. The summed E-state index contributed by atoms with van der Waals surface area (Å²) in [5, 5.41) is 3.93. The summed E-state index contributed by atoms with van der Waals surface area (Å²) in [6.45, 7) is 8.09. The van der Waals surface area contributed by atoms with Crippen LogP contribution in [0.15, 0.2) is 72.8 Å². The largest absolute Gasteiger partial charge is 0.350 e. The smallest absolute Gasteiger partial charge is 0.243 e. The normalized spacial score (nSPS) is 12.2. The molecule has 0 spiro atoms. The van der Waals surface area contributed by atoms with Crippen LogP contribution in [0.2, 0.25) is 10.0 Å². The lowest BCUT2D eigenvalue weighted by atomic mass is 9.99. The Morgan fingerprint density at radius 3 is 2.09 bits per heavy atom. The number of hydrogen-bond donors (Lipinski definition) is 1. The third-order valence-electron chi connectivity index (χ3n) is 5.59. The molecule has 0 aliphatic carbocycles. The van der Waals surface area contributed by atoms with Gasteiger partial charge in [-0.2, -0.15) is 0 Å². The number of aryl methyl sites for hydroxylation is 1. The second-order valence-corrected chi connectivity index (χ2v) is 10.6. The zero-order valence-electron chi connectivity index (χ0n) is 20.6. The van der Waals surface area contributed by atoms with Crippen LogP contribution in [0.3, 0.4) is 0 Å². The van der Waals surface area contributed by atoms with Crippen LogP contribution in [0.1, 0.15) is 43.0 Å². The van der Waals surface area contributed by atoms with E-state index >= 15 is 0 Å². The van der Waals surface area contributed by atoms with Crippen molar-refractivity contribution in [1.82, 2.24) is 10.2 Å². The summed E-state index contributed by atoms with van der Waals surface area (Å²) in [4.78, 5) is 29.1. The molecule has 0 unspecified atom stereocenters. The van der Waals surface area contributed by atoms with Gasteiger partial charge >= 0.3 is 0 Å². The first-order valence-electron chi connectivity index (χ1n) is 11.7. The summed E-state index contributed by atoms with van der Waals surface area (Å²) in [5.74, 6) is -0.417. The molecule has 6 heteroatoms. The van der Waals surface area contributed by atoms with Crippen LogP contribution >= 0.6 is 23.2 Å². The third kappa shape index (κ3) is 7.84. The van der Waals surface area contributed by atoms with Crippen molar-refractivity contribution in [3.63, 3.8) is 0 Å². The Morgan fingerprint density at radius 2 is 1.49 bits per heavy atom. The maximum atomic E-state index is 13.8. The van der Waals surface area contributed by atoms with E-state index < -0.39 is 11.6 Å². The van der Waals surface area contributed by atoms with Gasteiger partial charge in [-0.1, -0.05) is 89.4 Å². The molecule has 1 atom stereocenters. The minimum absolute atomic E-state index is 0.00158. The van der Waals surface area contributed by atoms with Crippen molar-refractivity contribution in [1.29, 1.82) is 0 Å². The van der Waals surface area contributed by atoms with E-state index in [1.165, 1.54) is 0 Å². The molecule has 35 heavy (non-hydrogen) atoms. The van der Waals surface area contributed by atoms with Crippen LogP contribution in [-0.2, 0) is 29.0 Å². The van der Waals surface area contributed by atoms with E-state index in [1.54, 1.807) is 23.1 Å². The molecule has 0 radical (unpaired) electrons. The number of halogens is 2. The Labute approximate surface area is 218 Å². The van der Waals surface area contributed by atoms with Crippen LogP contribution in [0.5, 0.6) is 0 Å². The average molecular weight is 511 g/mol. The number of rotatable bonds is 8. The molecule has 0 aromatic heterocycles. The number of carbonyl (C=O) groups excluding carboxylic acids is 2. The highest BCUT2D eigenvalue weighted by molar-refractivity contribution is 6.36. The van der Waals surface area contributed by atoms with Crippen LogP contribution in [0.4, 0.5) is 0 Å². The van der Waals surface area contributed by atoms with Gasteiger partial charge in [0.2, 0.25) is 11.8 Å². The predicted molar refractivity (Wildman–Crippen MR) is 144 cm³/mol. The molecule has 0 saturated carbocycles. The zero-order chi connectivity index (χ0) is 25.6. The van der Waals surface area contributed by atoms with Crippen molar-refractivity contribution in [3.8, 4) is 0 Å². The molecule has 0 heterocycles. The Balaban J connectivity index is 2.03. The fourth-order valence-corrected chi connectivity index (χ4v) is 4.50.